The fourth-order valence-corrected chi connectivity index (χ4v) is 2.56. The molecule has 2 rings (SSSR count). The Kier molecular flexibility index (Phi) is 7.28. The number of benzene rings is 1. The van der Waals surface area contributed by atoms with Gasteiger partial charge in [-0.1, -0.05) is 19.1 Å². The molecular formula is C19H27N7O2. The molecule has 0 spiro atoms. The number of hydrogen-bond donors (Lipinski definition) is 5. The Morgan fingerprint density at radius 2 is 2.00 bits per heavy atom. The lowest BCUT2D eigenvalue weighted by molar-refractivity contribution is -0.122. The van der Waals surface area contributed by atoms with Crippen LogP contribution in [-0.2, 0) is 17.6 Å². The predicted octanol–water partition coefficient (Wildman–Crippen LogP) is 0.730. The molecule has 0 radical (unpaired) electrons. The molecule has 2 amide bonds. The number of aromatic nitrogens is 2. The lowest BCUT2D eigenvalue weighted by atomic mass is 10.1. The fourth-order valence-electron chi connectivity index (χ4n) is 2.56. The Labute approximate surface area is 164 Å². The summed E-state index contributed by atoms with van der Waals surface area (Å²) in [5.74, 6) is -0.255. The SMILES string of the molecule is CCc1nc(C(N)=O)c(Nc2cccc(CCNC(=O)C(C)NC)c2)nc1N. The lowest BCUT2D eigenvalue weighted by Gasteiger charge is -2.13. The number of aryl methyl sites for hydroxylation is 1. The van der Waals surface area contributed by atoms with Crippen molar-refractivity contribution in [3.05, 3.63) is 41.2 Å². The van der Waals surface area contributed by atoms with E-state index in [9.17, 15) is 9.59 Å². The molecule has 1 aromatic carbocycles. The van der Waals surface area contributed by atoms with Crippen molar-refractivity contribution in [1.82, 2.24) is 20.6 Å². The van der Waals surface area contributed by atoms with Crippen molar-refractivity contribution in [2.24, 2.45) is 5.73 Å². The van der Waals surface area contributed by atoms with Crippen molar-refractivity contribution in [1.29, 1.82) is 0 Å². The van der Waals surface area contributed by atoms with Gasteiger partial charge in [0.15, 0.2) is 11.5 Å². The number of nitrogens with two attached hydrogens (primary N) is 2. The molecule has 9 nitrogen and oxygen atoms in total. The highest BCUT2D eigenvalue weighted by Crippen LogP contribution is 2.21. The van der Waals surface area contributed by atoms with E-state index in [1.807, 2.05) is 31.2 Å². The molecule has 0 bridgehead atoms. The first kappa shape index (κ1) is 21.1. The molecule has 0 fully saturated rings. The van der Waals surface area contributed by atoms with Crippen LogP contribution in [0.15, 0.2) is 24.3 Å². The average molecular weight is 385 g/mol. The van der Waals surface area contributed by atoms with Gasteiger partial charge in [0.2, 0.25) is 5.91 Å². The van der Waals surface area contributed by atoms with Crippen LogP contribution in [-0.4, -0.2) is 41.4 Å². The number of nitrogens with one attached hydrogen (secondary N) is 3. The molecule has 150 valence electrons. The van der Waals surface area contributed by atoms with E-state index < -0.39 is 5.91 Å². The van der Waals surface area contributed by atoms with Crippen LogP contribution in [0.1, 0.15) is 35.6 Å². The maximum Gasteiger partial charge on any atom is 0.271 e. The van der Waals surface area contributed by atoms with Crippen LogP contribution in [0.2, 0.25) is 0 Å². The summed E-state index contributed by atoms with van der Waals surface area (Å²) in [7, 11) is 1.74. The van der Waals surface area contributed by atoms with Crippen LogP contribution in [0, 0.1) is 0 Å². The van der Waals surface area contributed by atoms with E-state index in [1.54, 1.807) is 14.0 Å². The first-order valence-corrected chi connectivity index (χ1v) is 9.12. The minimum Gasteiger partial charge on any atom is -0.382 e. The minimum absolute atomic E-state index is 0.0461. The molecule has 0 saturated carbocycles. The van der Waals surface area contributed by atoms with Crippen molar-refractivity contribution < 1.29 is 9.59 Å². The normalized spacial score (nSPS) is 11.7. The van der Waals surface area contributed by atoms with E-state index in [1.165, 1.54) is 0 Å². The average Bonchev–Trinajstić information content (AvgIpc) is 2.67. The second-order valence-corrected chi connectivity index (χ2v) is 6.35. The highest BCUT2D eigenvalue weighted by atomic mass is 16.2. The predicted molar refractivity (Wildman–Crippen MR) is 109 cm³/mol. The van der Waals surface area contributed by atoms with Crippen LogP contribution in [0.5, 0.6) is 0 Å². The van der Waals surface area contributed by atoms with E-state index in [-0.39, 0.29) is 29.3 Å². The van der Waals surface area contributed by atoms with Gasteiger partial charge in [0.1, 0.15) is 5.82 Å². The minimum atomic E-state index is -0.678. The molecule has 1 aromatic heterocycles. The second kappa shape index (κ2) is 9.65. The molecule has 28 heavy (non-hydrogen) atoms. The van der Waals surface area contributed by atoms with Crippen LogP contribution < -0.4 is 27.4 Å². The molecule has 1 heterocycles. The summed E-state index contributed by atoms with van der Waals surface area (Å²) in [5, 5.41) is 8.83. The first-order valence-electron chi connectivity index (χ1n) is 9.12. The number of hydrogen-bond acceptors (Lipinski definition) is 7. The highest BCUT2D eigenvalue weighted by molar-refractivity contribution is 5.96. The van der Waals surface area contributed by atoms with E-state index in [0.29, 0.717) is 30.8 Å². The smallest absolute Gasteiger partial charge is 0.271 e. The van der Waals surface area contributed by atoms with E-state index >= 15 is 0 Å². The molecule has 0 aliphatic heterocycles. The van der Waals surface area contributed by atoms with Crippen molar-refractivity contribution >= 4 is 29.1 Å². The zero-order valence-electron chi connectivity index (χ0n) is 16.4. The van der Waals surface area contributed by atoms with Crippen LogP contribution in [0.3, 0.4) is 0 Å². The van der Waals surface area contributed by atoms with Gasteiger partial charge in [0.25, 0.3) is 5.91 Å². The third kappa shape index (κ3) is 5.40. The van der Waals surface area contributed by atoms with Gasteiger partial charge in [-0.25, -0.2) is 9.97 Å². The summed E-state index contributed by atoms with van der Waals surface area (Å²) in [6.45, 7) is 4.18. The molecule has 9 heteroatoms. The topological polar surface area (TPSA) is 148 Å². The third-order valence-corrected chi connectivity index (χ3v) is 4.30. The molecule has 0 aliphatic carbocycles. The summed E-state index contributed by atoms with van der Waals surface area (Å²) < 4.78 is 0. The standard InChI is InChI=1S/C19H27N7O2/c1-4-14-16(20)26-18(15(25-14)17(21)27)24-13-7-5-6-12(10-13)8-9-23-19(28)11(2)22-3/h5-7,10-11,22H,4,8-9H2,1-3H3,(H2,21,27)(H,23,28)(H3,20,24,26). The quantitative estimate of drug-likeness (QED) is 0.427. The Morgan fingerprint density at radius 1 is 1.25 bits per heavy atom. The Hall–Kier alpha value is -3.20. The maximum absolute atomic E-state index is 11.8. The molecule has 1 atom stereocenters. The summed E-state index contributed by atoms with van der Waals surface area (Å²) in [6.07, 6.45) is 1.20. The molecular weight excluding hydrogens is 358 g/mol. The molecule has 2 aromatic rings. The van der Waals surface area contributed by atoms with Crippen molar-refractivity contribution in [2.45, 2.75) is 32.7 Å². The lowest BCUT2D eigenvalue weighted by Crippen LogP contribution is -2.41. The number of rotatable bonds is 9. The number of amides is 2. The monoisotopic (exact) mass is 385 g/mol. The summed E-state index contributed by atoms with van der Waals surface area (Å²) >= 11 is 0. The maximum atomic E-state index is 11.8. The highest BCUT2D eigenvalue weighted by Gasteiger charge is 2.16. The number of nitrogens with zero attached hydrogens (tertiary/aromatic N) is 2. The summed E-state index contributed by atoms with van der Waals surface area (Å²) in [4.78, 5) is 32.0. The summed E-state index contributed by atoms with van der Waals surface area (Å²) in [5.41, 5.74) is 13.6. The molecule has 0 aliphatic rings. The fraction of sp³-hybridized carbons (Fsp3) is 0.368. The molecule has 1 unspecified atom stereocenters. The van der Waals surface area contributed by atoms with Gasteiger partial charge in [-0.15, -0.1) is 0 Å². The number of anilines is 3. The van der Waals surface area contributed by atoms with Crippen molar-refractivity contribution in [3.63, 3.8) is 0 Å². The van der Waals surface area contributed by atoms with E-state index in [4.69, 9.17) is 11.5 Å². The molecule has 7 N–H and O–H groups in total. The largest absolute Gasteiger partial charge is 0.382 e. The van der Waals surface area contributed by atoms with Crippen LogP contribution >= 0.6 is 0 Å². The third-order valence-electron chi connectivity index (χ3n) is 4.30. The zero-order chi connectivity index (χ0) is 20.7. The van der Waals surface area contributed by atoms with Crippen LogP contribution in [0.4, 0.5) is 17.3 Å². The number of primary amides is 1. The second-order valence-electron chi connectivity index (χ2n) is 6.35. The van der Waals surface area contributed by atoms with Crippen LogP contribution in [0.25, 0.3) is 0 Å². The van der Waals surface area contributed by atoms with Crippen molar-refractivity contribution in [2.75, 3.05) is 24.6 Å². The zero-order valence-corrected chi connectivity index (χ0v) is 16.4. The Balaban J connectivity index is 2.12. The Morgan fingerprint density at radius 3 is 2.64 bits per heavy atom. The summed E-state index contributed by atoms with van der Waals surface area (Å²) in [6, 6.07) is 7.33. The van der Waals surface area contributed by atoms with Gasteiger partial charge in [-0.3, -0.25) is 9.59 Å². The van der Waals surface area contributed by atoms with Gasteiger partial charge >= 0.3 is 0 Å². The van der Waals surface area contributed by atoms with Crippen molar-refractivity contribution in [3.8, 4) is 0 Å². The van der Waals surface area contributed by atoms with Gasteiger partial charge < -0.3 is 27.4 Å². The van der Waals surface area contributed by atoms with Gasteiger partial charge in [0, 0.05) is 12.2 Å². The number of nitrogen functional groups attached to an aromatic ring is 1. The number of carbonyl (C=O) groups excluding carboxylic acids is 2. The first-order chi connectivity index (χ1) is 13.3. The van der Waals surface area contributed by atoms with Gasteiger partial charge in [-0.05, 0) is 44.5 Å². The Bertz CT molecular complexity index is 854. The molecule has 0 saturated heterocycles. The van der Waals surface area contributed by atoms with E-state index in [2.05, 4.69) is 25.9 Å². The van der Waals surface area contributed by atoms with Gasteiger partial charge in [-0.2, -0.15) is 0 Å². The number of likely N-dealkylation sites (N-methyl/N-ethyl adjacent to an activating group) is 1. The van der Waals surface area contributed by atoms with E-state index in [0.717, 1.165) is 5.56 Å². The van der Waals surface area contributed by atoms with Gasteiger partial charge in [0.05, 0.1) is 11.7 Å². The number of carbonyl (C=O) groups is 2.